The predicted molar refractivity (Wildman–Crippen MR) is 107 cm³/mol. The van der Waals surface area contributed by atoms with Gasteiger partial charge < -0.3 is 15.4 Å². The molecule has 2 aromatic rings. The molecule has 31 heavy (non-hydrogen) atoms. The predicted octanol–water partition coefficient (Wildman–Crippen LogP) is 3.05. The number of nitrogens with two attached hydrogens (primary N) is 1. The Morgan fingerprint density at radius 2 is 2.06 bits per heavy atom. The molecule has 1 aromatic heterocycles. The van der Waals surface area contributed by atoms with E-state index in [4.69, 9.17) is 22.1 Å². The number of halogens is 4. The Balaban J connectivity index is 1.61. The Morgan fingerprint density at radius 1 is 1.39 bits per heavy atom. The molecule has 168 valence electrons. The SMILES string of the molecule is Cn1nc(C(=O)N2CCC(C(N)Cc3cccc(Cl)c3OC=O)CC2)cc1C(F)(F)F. The zero-order valence-electron chi connectivity index (χ0n) is 16.7. The molecule has 0 bridgehead atoms. The third kappa shape index (κ3) is 5.19. The number of hydrogen-bond donors (Lipinski definition) is 1. The highest BCUT2D eigenvalue weighted by molar-refractivity contribution is 6.32. The third-order valence-corrected chi connectivity index (χ3v) is 5.79. The summed E-state index contributed by atoms with van der Waals surface area (Å²) in [5.74, 6) is -0.172. The van der Waals surface area contributed by atoms with Crippen molar-refractivity contribution in [3.05, 3.63) is 46.2 Å². The number of carbonyl (C=O) groups excluding carboxylic acids is 2. The molecule has 2 heterocycles. The fourth-order valence-electron chi connectivity index (χ4n) is 3.84. The van der Waals surface area contributed by atoms with Crippen molar-refractivity contribution >= 4 is 24.0 Å². The number of para-hydroxylation sites is 1. The Hall–Kier alpha value is -2.59. The fourth-order valence-corrected chi connectivity index (χ4v) is 4.08. The van der Waals surface area contributed by atoms with E-state index in [1.54, 1.807) is 18.2 Å². The van der Waals surface area contributed by atoms with Crippen LogP contribution >= 0.6 is 11.6 Å². The molecule has 0 saturated carbocycles. The van der Waals surface area contributed by atoms with Crippen LogP contribution in [0.15, 0.2) is 24.3 Å². The lowest BCUT2D eigenvalue weighted by Gasteiger charge is -2.34. The summed E-state index contributed by atoms with van der Waals surface area (Å²) in [6.07, 6.45) is -2.96. The van der Waals surface area contributed by atoms with Crippen LogP contribution in [0.5, 0.6) is 5.75 Å². The number of carbonyl (C=O) groups is 2. The molecule has 1 aromatic carbocycles. The number of aryl methyl sites for hydroxylation is 1. The summed E-state index contributed by atoms with van der Waals surface area (Å²) in [5.41, 5.74) is 5.88. The van der Waals surface area contributed by atoms with Crippen molar-refractivity contribution in [1.29, 1.82) is 0 Å². The van der Waals surface area contributed by atoms with Gasteiger partial charge >= 0.3 is 6.18 Å². The Kier molecular flexibility index (Phi) is 6.90. The second kappa shape index (κ2) is 9.27. The highest BCUT2D eigenvalue weighted by Crippen LogP contribution is 2.32. The van der Waals surface area contributed by atoms with Gasteiger partial charge in [-0.1, -0.05) is 23.7 Å². The Morgan fingerprint density at radius 3 is 2.65 bits per heavy atom. The van der Waals surface area contributed by atoms with E-state index in [-0.39, 0.29) is 23.4 Å². The van der Waals surface area contributed by atoms with Gasteiger partial charge in [0.2, 0.25) is 0 Å². The fraction of sp³-hybridized carbons (Fsp3) is 0.450. The van der Waals surface area contributed by atoms with Crippen molar-refractivity contribution in [3.8, 4) is 5.75 Å². The van der Waals surface area contributed by atoms with Crippen molar-refractivity contribution in [2.75, 3.05) is 13.1 Å². The minimum absolute atomic E-state index is 0.0848. The van der Waals surface area contributed by atoms with Crippen LogP contribution in [0.1, 0.15) is 34.6 Å². The first-order chi connectivity index (χ1) is 14.6. The van der Waals surface area contributed by atoms with Gasteiger partial charge in [0.25, 0.3) is 12.4 Å². The van der Waals surface area contributed by atoms with Gasteiger partial charge in [0.05, 0.1) is 5.02 Å². The second-order valence-electron chi connectivity index (χ2n) is 7.48. The maximum Gasteiger partial charge on any atom is 0.433 e. The van der Waals surface area contributed by atoms with E-state index in [0.29, 0.717) is 54.1 Å². The second-order valence-corrected chi connectivity index (χ2v) is 7.88. The molecular formula is C20H22ClF3N4O3. The number of hydrogen-bond acceptors (Lipinski definition) is 5. The summed E-state index contributed by atoms with van der Waals surface area (Å²) in [6, 6.07) is 5.64. The molecule has 1 fully saturated rings. The number of likely N-dealkylation sites (tertiary alicyclic amines) is 1. The summed E-state index contributed by atoms with van der Waals surface area (Å²) in [4.78, 5) is 24.8. The van der Waals surface area contributed by atoms with Gasteiger partial charge in [-0.15, -0.1) is 0 Å². The van der Waals surface area contributed by atoms with Crippen LogP contribution in [-0.4, -0.2) is 46.2 Å². The van der Waals surface area contributed by atoms with Crippen LogP contribution in [0.3, 0.4) is 0 Å². The first kappa shape index (κ1) is 23.1. The van der Waals surface area contributed by atoms with E-state index in [9.17, 15) is 22.8 Å². The third-order valence-electron chi connectivity index (χ3n) is 5.49. The van der Waals surface area contributed by atoms with E-state index in [1.165, 1.54) is 4.90 Å². The number of amides is 1. The van der Waals surface area contributed by atoms with E-state index < -0.39 is 17.8 Å². The van der Waals surface area contributed by atoms with Crippen molar-refractivity contribution in [3.63, 3.8) is 0 Å². The molecule has 0 aliphatic carbocycles. The molecule has 1 aliphatic heterocycles. The smallest absolute Gasteiger partial charge is 0.427 e. The summed E-state index contributed by atoms with van der Waals surface area (Å²) < 4.78 is 44.5. The van der Waals surface area contributed by atoms with Gasteiger partial charge in [-0.25, -0.2) is 0 Å². The van der Waals surface area contributed by atoms with Crippen molar-refractivity contribution in [1.82, 2.24) is 14.7 Å². The minimum atomic E-state index is -4.58. The van der Waals surface area contributed by atoms with E-state index in [0.717, 1.165) is 13.1 Å². The molecule has 1 unspecified atom stereocenters. The van der Waals surface area contributed by atoms with Gasteiger partial charge in [-0.05, 0) is 36.8 Å². The number of nitrogens with zero attached hydrogens (tertiary/aromatic N) is 3. The molecule has 3 rings (SSSR count). The van der Waals surface area contributed by atoms with Gasteiger partial charge in [-0.2, -0.15) is 18.3 Å². The first-order valence-corrected chi connectivity index (χ1v) is 10.0. The average Bonchev–Trinajstić information content (AvgIpc) is 3.12. The molecule has 7 nitrogen and oxygen atoms in total. The average molecular weight is 459 g/mol. The van der Waals surface area contributed by atoms with E-state index >= 15 is 0 Å². The molecule has 1 atom stereocenters. The van der Waals surface area contributed by atoms with E-state index in [1.807, 2.05) is 0 Å². The standard InChI is InChI=1S/C20H22ClF3N4O3/c1-27-17(20(22,23)24)10-16(26-27)19(30)28-7-5-12(6-8-28)15(25)9-13-3-2-4-14(21)18(13)31-11-29/h2-4,10-12,15H,5-9,25H2,1H3. The number of piperidine rings is 1. The number of rotatable bonds is 6. The van der Waals surface area contributed by atoms with Gasteiger partial charge in [0, 0.05) is 32.2 Å². The summed E-state index contributed by atoms with van der Waals surface area (Å²) in [7, 11) is 1.16. The summed E-state index contributed by atoms with van der Waals surface area (Å²) in [6.45, 7) is 1.03. The first-order valence-electron chi connectivity index (χ1n) is 9.65. The maximum absolute atomic E-state index is 13.0. The lowest BCUT2D eigenvalue weighted by atomic mass is 9.86. The van der Waals surface area contributed by atoms with Crippen LogP contribution < -0.4 is 10.5 Å². The lowest BCUT2D eigenvalue weighted by Crippen LogP contribution is -2.44. The maximum atomic E-state index is 13.0. The van der Waals surface area contributed by atoms with Gasteiger partial charge in [0.1, 0.15) is 5.69 Å². The highest BCUT2D eigenvalue weighted by Gasteiger charge is 2.37. The topological polar surface area (TPSA) is 90.5 Å². The highest BCUT2D eigenvalue weighted by atomic mass is 35.5. The molecule has 0 spiro atoms. The number of ether oxygens (including phenoxy) is 1. The lowest BCUT2D eigenvalue weighted by molar-refractivity contribution is -0.143. The summed E-state index contributed by atoms with van der Waals surface area (Å²) >= 11 is 6.08. The zero-order valence-corrected chi connectivity index (χ0v) is 17.5. The van der Waals surface area contributed by atoms with Crippen molar-refractivity contribution in [2.24, 2.45) is 18.7 Å². The van der Waals surface area contributed by atoms with Crippen LogP contribution in [0.2, 0.25) is 5.02 Å². The number of alkyl halides is 3. The normalized spacial score (nSPS) is 16.3. The van der Waals surface area contributed by atoms with Crippen LogP contribution in [0.4, 0.5) is 13.2 Å². The van der Waals surface area contributed by atoms with Gasteiger partial charge in [0.15, 0.2) is 11.4 Å². The van der Waals surface area contributed by atoms with Crippen molar-refractivity contribution < 1.29 is 27.5 Å². The molecule has 2 N–H and O–H groups in total. The Bertz CT molecular complexity index is 956. The molecule has 1 saturated heterocycles. The molecule has 0 radical (unpaired) electrons. The van der Waals surface area contributed by atoms with Crippen LogP contribution in [0.25, 0.3) is 0 Å². The monoisotopic (exact) mass is 458 g/mol. The van der Waals surface area contributed by atoms with Crippen LogP contribution in [0, 0.1) is 5.92 Å². The summed E-state index contributed by atoms with van der Waals surface area (Å²) in [5, 5.41) is 4.03. The Labute approximate surface area is 181 Å². The minimum Gasteiger partial charge on any atom is -0.427 e. The number of benzene rings is 1. The molecule has 11 heteroatoms. The largest absolute Gasteiger partial charge is 0.433 e. The van der Waals surface area contributed by atoms with E-state index in [2.05, 4.69) is 5.10 Å². The molecule has 1 amide bonds. The quantitative estimate of drug-likeness (QED) is 0.672. The van der Waals surface area contributed by atoms with Crippen LogP contribution in [-0.2, 0) is 24.4 Å². The zero-order chi connectivity index (χ0) is 22.8. The number of aromatic nitrogens is 2. The van der Waals surface area contributed by atoms with Crippen molar-refractivity contribution in [2.45, 2.75) is 31.5 Å². The molecule has 1 aliphatic rings. The molecular weight excluding hydrogens is 437 g/mol. The van der Waals surface area contributed by atoms with Gasteiger partial charge in [-0.3, -0.25) is 14.3 Å².